The Hall–Kier alpha value is -2.97. The Morgan fingerprint density at radius 1 is 1.25 bits per heavy atom. The zero-order chi connectivity index (χ0) is 19.8. The van der Waals surface area contributed by atoms with E-state index in [-0.39, 0.29) is 11.9 Å². The van der Waals surface area contributed by atoms with E-state index in [4.69, 9.17) is 5.11 Å². The lowest BCUT2D eigenvalue weighted by Crippen LogP contribution is -2.42. The van der Waals surface area contributed by atoms with Crippen molar-refractivity contribution < 1.29 is 14.7 Å². The second-order valence-corrected chi connectivity index (χ2v) is 7.75. The number of carbonyl (C=O) groups excluding carboxylic acids is 1. The number of aliphatic carboxylic acids is 1. The number of aromatic nitrogens is 4. The molecule has 28 heavy (non-hydrogen) atoms. The monoisotopic (exact) mass is 384 g/mol. The van der Waals surface area contributed by atoms with E-state index in [1.165, 1.54) is 0 Å². The molecule has 148 valence electrons. The Labute approximate surface area is 162 Å². The Morgan fingerprint density at radius 3 is 2.61 bits per heavy atom. The van der Waals surface area contributed by atoms with Crippen LogP contribution in [0.1, 0.15) is 37.8 Å². The summed E-state index contributed by atoms with van der Waals surface area (Å²) in [5.74, 6) is 0.0317. The number of urea groups is 1. The van der Waals surface area contributed by atoms with Gasteiger partial charge in [0.25, 0.3) is 0 Å². The van der Waals surface area contributed by atoms with Gasteiger partial charge in [0.2, 0.25) is 0 Å². The number of benzene rings is 1. The average Bonchev–Trinajstić information content (AvgIpc) is 3.21. The maximum atomic E-state index is 12.8. The van der Waals surface area contributed by atoms with E-state index >= 15 is 0 Å². The van der Waals surface area contributed by atoms with Gasteiger partial charge in [-0.05, 0) is 54.2 Å². The molecule has 2 aromatic rings. The molecule has 2 atom stereocenters. The Kier molecular flexibility index (Phi) is 4.74. The number of aryl methyl sites for hydroxylation is 1. The Bertz CT molecular complexity index is 903. The molecule has 9 heteroatoms. The van der Waals surface area contributed by atoms with Gasteiger partial charge in [0.05, 0.1) is 17.6 Å². The number of nitrogens with one attached hydrogen (secondary N) is 1. The Morgan fingerprint density at radius 2 is 1.96 bits per heavy atom. The third kappa shape index (κ3) is 3.44. The van der Waals surface area contributed by atoms with Crippen LogP contribution < -0.4 is 5.32 Å². The highest BCUT2D eigenvalue weighted by Crippen LogP contribution is 2.44. The maximum Gasteiger partial charge on any atom is 0.321 e. The van der Waals surface area contributed by atoms with E-state index in [0.717, 1.165) is 17.5 Å². The van der Waals surface area contributed by atoms with Crippen LogP contribution >= 0.6 is 0 Å². The largest absolute Gasteiger partial charge is 0.481 e. The third-order valence-electron chi connectivity index (χ3n) is 5.75. The first-order chi connectivity index (χ1) is 13.5. The number of carbonyl (C=O) groups is 2. The van der Waals surface area contributed by atoms with Crippen LogP contribution in [-0.4, -0.2) is 55.3 Å². The molecule has 0 unspecified atom stereocenters. The normalized spacial score (nSPS) is 22.1. The van der Waals surface area contributed by atoms with Crippen molar-refractivity contribution in [1.29, 1.82) is 0 Å². The smallest absolute Gasteiger partial charge is 0.321 e. The van der Waals surface area contributed by atoms with Crippen molar-refractivity contribution in [2.24, 2.45) is 11.8 Å². The number of tetrazole rings is 1. The van der Waals surface area contributed by atoms with Crippen LogP contribution in [0.2, 0.25) is 0 Å². The number of amides is 2. The molecule has 2 fully saturated rings. The third-order valence-corrected chi connectivity index (χ3v) is 5.75. The van der Waals surface area contributed by atoms with E-state index < -0.39 is 5.97 Å². The van der Waals surface area contributed by atoms with Crippen LogP contribution in [0.25, 0.3) is 11.4 Å². The minimum Gasteiger partial charge on any atom is -0.481 e. The summed E-state index contributed by atoms with van der Waals surface area (Å²) >= 11 is 0. The van der Waals surface area contributed by atoms with Crippen molar-refractivity contribution in [3.05, 3.63) is 23.8 Å². The fourth-order valence-electron chi connectivity index (χ4n) is 3.77. The summed E-state index contributed by atoms with van der Waals surface area (Å²) in [6, 6.07) is 5.84. The molecule has 1 aliphatic heterocycles. The minimum atomic E-state index is -0.789. The second kappa shape index (κ2) is 7.21. The average molecular weight is 384 g/mol. The molecule has 0 bridgehead atoms. The number of hydrogen-bond acceptors (Lipinski definition) is 5. The van der Waals surface area contributed by atoms with Crippen molar-refractivity contribution in [3.8, 4) is 11.4 Å². The number of anilines is 1. The molecule has 0 spiro atoms. The number of likely N-dealkylation sites (tertiary alicyclic amines) is 1. The quantitative estimate of drug-likeness (QED) is 0.837. The zero-order valence-electron chi connectivity index (χ0n) is 16.0. The van der Waals surface area contributed by atoms with E-state index in [1.807, 2.05) is 29.8 Å². The number of rotatable bonds is 4. The molecule has 1 saturated heterocycles. The van der Waals surface area contributed by atoms with Crippen molar-refractivity contribution in [2.45, 2.75) is 39.2 Å². The SMILES string of the molecule is Cc1cccc(-c2nnnn2[C@@H]2C[C@H]2C)c1NC(=O)N1CCC(C(=O)O)CC1. The molecule has 1 aromatic carbocycles. The van der Waals surface area contributed by atoms with Crippen molar-refractivity contribution in [1.82, 2.24) is 25.1 Å². The summed E-state index contributed by atoms with van der Waals surface area (Å²) < 4.78 is 1.84. The molecule has 2 N–H and O–H groups in total. The van der Waals surface area contributed by atoms with E-state index in [1.54, 1.807) is 4.90 Å². The van der Waals surface area contributed by atoms with Crippen molar-refractivity contribution in [3.63, 3.8) is 0 Å². The van der Waals surface area contributed by atoms with Gasteiger partial charge in [-0.2, -0.15) is 0 Å². The van der Waals surface area contributed by atoms with Gasteiger partial charge in [-0.1, -0.05) is 19.1 Å². The predicted molar refractivity (Wildman–Crippen MR) is 102 cm³/mol. The van der Waals surface area contributed by atoms with Crippen LogP contribution in [0, 0.1) is 18.8 Å². The van der Waals surface area contributed by atoms with Gasteiger partial charge in [-0.25, -0.2) is 9.48 Å². The van der Waals surface area contributed by atoms with Gasteiger partial charge in [0, 0.05) is 18.7 Å². The number of piperidine rings is 1. The van der Waals surface area contributed by atoms with E-state index in [0.29, 0.717) is 49.4 Å². The lowest BCUT2D eigenvalue weighted by atomic mass is 9.97. The molecule has 2 amide bonds. The van der Waals surface area contributed by atoms with Crippen LogP contribution in [0.15, 0.2) is 18.2 Å². The molecule has 1 aliphatic carbocycles. The van der Waals surface area contributed by atoms with Gasteiger partial charge >= 0.3 is 12.0 Å². The predicted octanol–water partition coefficient (Wildman–Crippen LogP) is 2.56. The number of carboxylic acids is 1. The van der Waals surface area contributed by atoms with Gasteiger partial charge in [-0.3, -0.25) is 4.79 Å². The summed E-state index contributed by atoms with van der Waals surface area (Å²) in [6.07, 6.45) is 1.99. The van der Waals surface area contributed by atoms with Crippen LogP contribution in [-0.2, 0) is 4.79 Å². The van der Waals surface area contributed by atoms with Crippen molar-refractivity contribution in [2.75, 3.05) is 18.4 Å². The summed E-state index contributed by atoms with van der Waals surface area (Å²) in [4.78, 5) is 25.6. The Balaban J connectivity index is 1.55. The zero-order valence-corrected chi connectivity index (χ0v) is 16.0. The topological polar surface area (TPSA) is 113 Å². The molecule has 0 radical (unpaired) electrons. The molecule has 1 saturated carbocycles. The lowest BCUT2D eigenvalue weighted by molar-refractivity contribution is -0.143. The number of hydrogen-bond donors (Lipinski definition) is 2. The maximum absolute atomic E-state index is 12.8. The number of carboxylic acid groups (broad SMARTS) is 1. The number of para-hydroxylation sites is 1. The molecule has 4 rings (SSSR count). The van der Waals surface area contributed by atoms with Crippen LogP contribution in [0.5, 0.6) is 0 Å². The van der Waals surface area contributed by atoms with Gasteiger partial charge < -0.3 is 15.3 Å². The first-order valence-electron chi connectivity index (χ1n) is 9.62. The molecule has 2 heterocycles. The standard InChI is InChI=1S/C19H24N6O3/c1-11-4-3-5-14(17-21-22-23-25(17)15-10-12(15)2)16(11)20-19(28)24-8-6-13(7-9-24)18(26)27/h3-5,12-13,15H,6-10H2,1-2H3,(H,20,28)(H,26,27)/t12-,15-/m1/s1. The first kappa shape index (κ1) is 18.4. The minimum absolute atomic E-state index is 0.224. The highest BCUT2D eigenvalue weighted by molar-refractivity contribution is 5.95. The fourth-order valence-corrected chi connectivity index (χ4v) is 3.77. The summed E-state index contributed by atoms with van der Waals surface area (Å²) in [5.41, 5.74) is 2.40. The molecular formula is C19H24N6O3. The highest BCUT2D eigenvalue weighted by atomic mass is 16.4. The van der Waals surface area contributed by atoms with Crippen LogP contribution in [0.4, 0.5) is 10.5 Å². The summed E-state index contributed by atoms with van der Waals surface area (Å²) in [5, 5.41) is 24.3. The van der Waals surface area contributed by atoms with Gasteiger partial charge in [0.15, 0.2) is 5.82 Å². The number of nitrogens with zero attached hydrogens (tertiary/aromatic N) is 5. The first-order valence-corrected chi connectivity index (χ1v) is 9.62. The summed E-state index contributed by atoms with van der Waals surface area (Å²) in [7, 11) is 0. The summed E-state index contributed by atoms with van der Waals surface area (Å²) in [6.45, 7) is 4.96. The van der Waals surface area contributed by atoms with E-state index in [2.05, 4.69) is 27.8 Å². The molecule has 9 nitrogen and oxygen atoms in total. The molecular weight excluding hydrogens is 360 g/mol. The van der Waals surface area contributed by atoms with Gasteiger partial charge in [-0.15, -0.1) is 5.10 Å². The lowest BCUT2D eigenvalue weighted by Gasteiger charge is -2.30. The van der Waals surface area contributed by atoms with E-state index in [9.17, 15) is 9.59 Å². The molecule has 1 aromatic heterocycles. The van der Waals surface area contributed by atoms with Crippen LogP contribution in [0.3, 0.4) is 0 Å². The second-order valence-electron chi connectivity index (χ2n) is 7.75. The highest BCUT2D eigenvalue weighted by Gasteiger charge is 2.38. The van der Waals surface area contributed by atoms with Gasteiger partial charge in [0.1, 0.15) is 0 Å². The van der Waals surface area contributed by atoms with Crippen molar-refractivity contribution >= 4 is 17.7 Å². The fraction of sp³-hybridized carbons (Fsp3) is 0.526. The molecule has 2 aliphatic rings.